The van der Waals surface area contributed by atoms with E-state index in [1.165, 1.54) is 18.3 Å². The van der Waals surface area contributed by atoms with Gasteiger partial charge in [0.2, 0.25) is 5.78 Å². The highest BCUT2D eigenvalue weighted by Gasteiger charge is 2.21. The lowest BCUT2D eigenvalue weighted by Gasteiger charge is -2.13. The fraction of sp³-hybridized carbons (Fsp3) is 0.100. The Morgan fingerprint density at radius 2 is 1.63 bits per heavy atom. The van der Waals surface area contributed by atoms with Gasteiger partial charge in [0.1, 0.15) is 5.75 Å². The Morgan fingerprint density at radius 3 is 2.30 bits per heavy atom. The van der Waals surface area contributed by atoms with Gasteiger partial charge in [0.15, 0.2) is 11.2 Å². The van der Waals surface area contributed by atoms with Crippen LogP contribution in [0.3, 0.4) is 0 Å². The number of pyridine rings is 1. The minimum absolute atomic E-state index is 0.117. The zero-order valence-corrected chi connectivity index (χ0v) is 14.1. The number of carbonyl (C=O) groups is 3. The molecule has 0 amide bonds. The maximum atomic E-state index is 12.6. The van der Waals surface area contributed by atoms with E-state index >= 15 is 0 Å². The Morgan fingerprint density at radius 1 is 0.963 bits per heavy atom. The summed E-state index contributed by atoms with van der Waals surface area (Å²) < 4.78 is 1.68. The molecule has 0 aliphatic heterocycles. The van der Waals surface area contributed by atoms with Crippen LogP contribution in [0.4, 0.5) is 0 Å². The number of hydrogen-bond donors (Lipinski definition) is 2. The summed E-state index contributed by atoms with van der Waals surface area (Å²) in [6, 6.07) is 13.2. The Bertz CT molecular complexity index is 1110. The van der Waals surface area contributed by atoms with Gasteiger partial charge in [0.05, 0.1) is 17.5 Å². The fourth-order valence-electron chi connectivity index (χ4n) is 2.79. The number of fused-ring (bicyclic) bond motifs is 1. The van der Waals surface area contributed by atoms with Crippen molar-refractivity contribution in [3.8, 4) is 5.75 Å². The van der Waals surface area contributed by atoms with Crippen LogP contribution in [0.25, 0.3) is 10.9 Å². The summed E-state index contributed by atoms with van der Waals surface area (Å²) in [5, 5.41) is 18.4. The normalized spacial score (nSPS) is 10.7. The van der Waals surface area contributed by atoms with E-state index in [9.17, 15) is 24.3 Å². The van der Waals surface area contributed by atoms with E-state index in [2.05, 4.69) is 0 Å². The van der Waals surface area contributed by atoms with Crippen LogP contribution in [-0.4, -0.2) is 32.3 Å². The van der Waals surface area contributed by atoms with Crippen LogP contribution in [0, 0.1) is 0 Å². The molecule has 0 aliphatic carbocycles. The lowest BCUT2D eigenvalue weighted by atomic mass is 10.0. The molecule has 2 N–H and O–H groups in total. The van der Waals surface area contributed by atoms with Crippen molar-refractivity contribution in [1.82, 2.24) is 4.57 Å². The summed E-state index contributed by atoms with van der Waals surface area (Å²) in [6.45, 7) is 0.314. The number of nitrogens with zero attached hydrogens (tertiary/aromatic N) is 1. The van der Waals surface area contributed by atoms with Crippen LogP contribution in [0.1, 0.15) is 22.3 Å². The number of para-hydroxylation sites is 1. The zero-order valence-electron chi connectivity index (χ0n) is 14.1. The minimum Gasteiger partial charge on any atom is -0.508 e. The van der Waals surface area contributed by atoms with E-state index in [1.807, 2.05) is 0 Å². The smallest absolute Gasteiger partial charge is 0.372 e. The van der Waals surface area contributed by atoms with E-state index in [1.54, 1.807) is 41.0 Å². The molecule has 0 saturated heterocycles. The summed E-state index contributed by atoms with van der Waals surface area (Å²) in [4.78, 5) is 47.0. The van der Waals surface area contributed by atoms with Gasteiger partial charge in [-0.2, -0.15) is 0 Å². The number of aromatic nitrogens is 1. The molecule has 1 aromatic heterocycles. The largest absolute Gasteiger partial charge is 0.508 e. The third-order valence-electron chi connectivity index (χ3n) is 4.14. The molecular weight excluding hydrogens is 350 g/mol. The number of rotatable bonds is 6. The number of aliphatic carboxylic acids is 1. The minimum atomic E-state index is -1.71. The van der Waals surface area contributed by atoms with Crippen molar-refractivity contribution >= 4 is 28.4 Å². The summed E-state index contributed by atoms with van der Waals surface area (Å²) in [5.41, 5.74) is 0.635. The van der Waals surface area contributed by atoms with Crippen LogP contribution in [0.2, 0.25) is 0 Å². The van der Waals surface area contributed by atoms with E-state index in [0.717, 1.165) is 5.56 Å². The van der Waals surface area contributed by atoms with Crippen molar-refractivity contribution < 1.29 is 24.6 Å². The predicted molar refractivity (Wildman–Crippen MR) is 97.0 cm³/mol. The fourth-order valence-corrected chi connectivity index (χ4v) is 2.79. The van der Waals surface area contributed by atoms with Gasteiger partial charge < -0.3 is 14.8 Å². The van der Waals surface area contributed by atoms with Gasteiger partial charge in [0.25, 0.3) is 0 Å². The summed E-state index contributed by atoms with van der Waals surface area (Å²) in [6.07, 6.45) is 0.469. The Balaban J connectivity index is 2.09. The molecule has 0 saturated carbocycles. The number of hydrogen-bond acceptors (Lipinski definition) is 5. The predicted octanol–water partition coefficient (Wildman–Crippen LogP) is 1.98. The third kappa shape index (κ3) is 3.77. The second-order valence-corrected chi connectivity index (χ2v) is 6.01. The summed E-state index contributed by atoms with van der Waals surface area (Å²) in [5.74, 6) is -3.70. The van der Waals surface area contributed by atoms with Crippen LogP contribution in [-0.2, 0) is 16.1 Å². The number of carboxylic acids is 1. The van der Waals surface area contributed by atoms with Gasteiger partial charge in [-0.15, -0.1) is 0 Å². The Kier molecular flexibility index (Phi) is 4.85. The topological polar surface area (TPSA) is 114 Å². The maximum Gasteiger partial charge on any atom is 0.372 e. The second kappa shape index (κ2) is 7.25. The lowest BCUT2D eigenvalue weighted by molar-refractivity contribution is -0.148. The zero-order chi connectivity index (χ0) is 19.6. The molecule has 0 atom stereocenters. The van der Waals surface area contributed by atoms with Gasteiger partial charge in [-0.1, -0.05) is 24.3 Å². The number of Topliss-reactive ketones (excluding diaryl/α,β-unsaturated/α-hetero) is 2. The number of phenolic OH excluding ortho intramolecular Hbond substituents is 1. The van der Waals surface area contributed by atoms with Crippen molar-refractivity contribution in [2.75, 3.05) is 0 Å². The average Bonchev–Trinajstić information content (AvgIpc) is 2.65. The Labute approximate surface area is 153 Å². The van der Waals surface area contributed by atoms with E-state index in [-0.39, 0.29) is 11.3 Å². The first-order valence-electron chi connectivity index (χ1n) is 8.06. The molecule has 3 rings (SSSR count). The molecule has 0 aliphatic rings. The Hall–Kier alpha value is -3.74. The van der Waals surface area contributed by atoms with Gasteiger partial charge in [-0.05, 0) is 29.8 Å². The third-order valence-corrected chi connectivity index (χ3v) is 4.14. The quantitative estimate of drug-likeness (QED) is 0.392. The van der Waals surface area contributed by atoms with Crippen LogP contribution in [0.5, 0.6) is 5.75 Å². The molecule has 3 aromatic rings. The van der Waals surface area contributed by atoms with Gasteiger partial charge in [-0.25, -0.2) is 4.79 Å². The lowest BCUT2D eigenvalue weighted by Crippen LogP contribution is -2.23. The molecule has 7 nitrogen and oxygen atoms in total. The summed E-state index contributed by atoms with van der Waals surface area (Å²) in [7, 11) is 0. The summed E-state index contributed by atoms with van der Waals surface area (Å²) >= 11 is 0. The molecule has 0 spiro atoms. The average molecular weight is 365 g/mol. The molecule has 27 heavy (non-hydrogen) atoms. The van der Waals surface area contributed by atoms with Crippen molar-refractivity contribution in [3.05, 3.63) is 76.1 Å². The van der Waals surface area contributed by atoms with Crippen LogP contribution in [0.15, 0.2) is 59.5 Å². The molecule has 136 valence electrons. The maximum absolute atomic E-state index is 12.6. The van der Waals surface area contributed by atoms with E-state index in [4.69, 9.17) is 5.11 Å². The molecular formula is C20H15NO6. The van der Waals surface area contributed by atoms with Gasteiger partial charge in [-0.3, -0.25) is 14.4 Å². The first-order chi connectivity index (χ1) is 12.9. The number of benzene rings is 2. The second-order valence-electron chi connectivity index (χ2n) is 6.01. The van der Waals surface area contributed by atoms with Crippen molar-refractivity contribution in [1.29, 1.82) is 0 Å². The number of aromatic hydroxyl groups is 1. The highest BCUT2D eigenvalue weighted by atomic mass is 16.4. The SMILES string of the molecule is O=C(O)C(=O)CC(=O)c1cn(Cc2ccc(O)cc2)c2ccccc2c1=O. The van der Waals surface area contributed by atoms with Crippen molar-refractivity contribution in [2.24, 2.45) is 0 Å². The van der Waals surface area contributed by atoms with Crippen molar-refractivity contribution in [3.63, 3.8) is 0 Å². The first-order valence-corrected chi connectivity index (χ1v) is 8.06. The van der Waals surface area contributed by atoms with E-state index < -0.39 is 29.4 Å². The first kappa shape index (κ1) is 18.1. The van der Waals surface area contributed by atoms with Gasteiger partial charge in [0, 0.05) is 18.1 Å². The number of carboxylic acid groups (broad SMARTS) is 1. The molecule has 1 heterocycles. The standard InChI is InChI=1S/C20H15NO6/c22-13-7-5-12(6-8-13)10-21-11-15(17(23)9-18(24)20(26)27)19(25)14-3-1-2-4-16(14)21/h1-8,11,22H,9-10H2,(H,26,27). The van der Waals surface area contributed by atoms with E-state index in [0.29, 0.717) is 17.4 Å². The molecule has 0 bridgehead atoms. The number of ketones is 2. The molecule has 7 heteroatoms. The molecule has 2 aromatic carbocycles. The van der Waals surface area contributed by atoms with Crippen molar-refractivity contribution in [2.45, 2.75) is 13.0 Å². The van der Waals surface area contributed by atoms with Gasteiger partial charge >= 0.3 is 5.97 Å². The number of carbonyl (C=O) groups excluding carboxylic acids is 2. The molecule has 0 fully saturated rings. The van der Waals surface area contributed by atoms with Crippen LogP contribution >= 0.6 is 0 Å². The monoisotopic (exact) mass is 365 g/mol. The highest BCUT2D eigenvalue weighted by Crippen LogP contribution is 2.16. The molecule has 0 unspecified atom stereocenters. The molecule has 0 radical (unpaired) electrons. The highest BCUT2D eigenvalue weighted by molar-refractivity contribution is 6.37. The van der Waals surface area contributed by atoms with Crippen LogP contribution < -0.4 is 5.43 Å². The number of phenols is 1.